The number of carbonyl (C=O) groups is 2. The number of nitrogens with one attached hydrogen (secondary N) is 1. The van der Waals surface area contributed by atoms with Crippen molar-refractivity contribution in [3.05, 3.63) is 0 Å². The maximum atomic E-state index is 11.2. The number of primary amides is 1. The van der Waals surface area contributed by atoms with E-state index in [9.17, 15) is 9.59 Å². The number of hydrogen-bond acceptors (Lipinski definition) is 3. The summed E-state index contributed by atoms with van der Waals surface area (Å²) in [5.74, 6) is -1.65. The van der Waals surface area contributed by atoms with Crippen LogP contribution < -0.4 is 16.8 Å². The van der Waals surface area contributed by atoms with Crippen molar-refractivity contribution < 1.29 is 12.3 Å². The second kappa shape index (κ2) is 3.53. The zero-order valence-corrected chi connectivity index (χ0v) is 6.54. The average molecular weight is 173 g/mol. The van der Waals surface area contributed by atoms with Crippen molar-refractivity contribution in [3.63, 3.8) is 0 Å². The first-order valence-corrected chi connectivity index (χ1v) is 3.69. The summed E-state index contributed by atoms with van der Waals surface area (Å²) in [6.07, 6.45) is 0.132. The molecule has 5 nitrogen and oxygen atoms in total. The highest BCUT2D eigenvalue weighted by Gasteiger charge is 2.27. The molecule has 5 N–H and O–H groups in total. The lowest BCUT2D eigenvalue weighted by atomic mass is 9.99. The highest BCUT2D eigenvalue weighted by atomic mass is 16.2. The lowest BCUT2D eigenvalue weighted by molar-refractivity contribution is -0.123. The fraction of sp³-hybridized carbons (Fsp3) is 0.714. The summed E-state index contributed by atoms with van der Waals surface area (Å²) in [5, 5.41) is 2.17. The van der Waals surface area contributed by atoms with Crippen molar-refractivity contribution in [3.8, 4) is 0 Å². The van der Waals surface area contributed by atoms with Gasteiger partial charge in [0.1, 0.15) is 0 Å². The van der Waals surface area contributed by atoms with Crippen LogP contribution in [0.2, 0.25) is 0 Å². The second-order valence-corrected chi connectivity index (χ2v) is 2.81. The van der Waals surface area contributed by atoms with Crippen LogP contribution in [-0.4, -0.2) is 24.4 Å². The van der Waals surface area contributed by atoms with E-state index in [1.54, 1.807) is 0 Å². The van der Waals surface area contributed by atoms with Gasteiger partial charge in [0.2, 0.25) is 11.8 Å². The molecular weight excluding hydrogens is 158 g/mol. The quantitative estimate of drug-likeness (QED) is 0.475. The predicted octanol–water partition coefficient (Wildman–Crippen LogP) is -1.67. The molecule has 0 aromatic rings. The second-order valence-electron chi connectivity index (χ2n) is 2.81. The van der Waals surface area contributed by atoms with Crippen LogP contribution in [0.1, 0.15) is 15.6 Å². The normalized spacial score (nSPS) is 31.8. The van der Waals surface area contributed by atoms with E-state index in [0.29, 0.717) is 0 Å². The molecule has 1 unspecified atom stereocenters. The summed E-state index contributed by atoms with van der Waals surface area (Å²) in [6, 6.07) is -0.889. The molecule has 0 aromatic heterocycles. The molecule has 0 aromatic carbocycles. The summed E-state index contributed by atoms with van der Waals surface area (Å²) in [7, 11) is 0. The standard InChI is InChI=1S/C7H13N3O2/c8-5(6(9)11)3-4-1-2-10-7(4)12/h4-5H,1-3,8H2,(H2,9,11)(H,10,12)/t4?,5-/m0/s1/i2D2. The zero-order chi connectivity index (χ0) is 10.9. The Balaban J connectivity index is 2.55. The maximum Gasteiger partial charge on any atom is 0.234 e. The number of carbonyl (C=O) groups excluding carboxylic acids is 2. The van der Waals surface area contributed by atoms with Gasteiger partial charge in [0.25, 0.3) is 0 Å². The molecule has 2 atom stereocenters. The van der Waals surface area contributed by atoms with Crippen LogP contribution in [0.4, 0.5) is 0 Å². The molecule has 68 valence electrons. The van der Waals surface area contributed by atoms with Crippen molar-refractivity contribution in [2.45, 2.75) is 18.9 Å². The molecule has 0 aliphatic carbocycles. The van der Waals surface area contributed by atoms with E-state index in [2.05, 4.69) is 5.32 Å². The topological polar surface area (TPSA) is 98.2 Å². The van der Waals surface area contributed by atoms with Crippen LogP contribution >= 0.6 is 0 Å². The van der Waals surface area contributed by atoms with Gasteiger partial charge in [-0.3, -0.25) is 9.59 Å². The van der Waals surface area contributed by atoms with Gasteiger partial charge in [-0.15, -0.1) is 0 Å². The minimum absolute atomic E-state index is 0.0345. The summed E-state index contributed by atoms with van der Waals surface area (Å²) < 4.78 is 14.6. The van der Waals surface area contributed by atoms with Gasteiger partial charge in [-0.2, -0.15) is 0 Å². The lowest BCUT2D eigenvalue weighted by Gasteiger charge is -2.10. The molecule has 1 aliphatic heterocycles. The molecule has 5 heteroatoms. The van der Waals surface area contributed by atoms with Gasteiger partial charge in [-0.1, -0.05) is 0 Å². The van der Waals surface area contributed by atoms with Crippen LogP contribution in [0.3, 0.4) is 0 Å². The Bertz CT molecular complexity index is 270. The van der Waals surface area contributed by atoms with Crippen molar-refractivity contribution in [2.75, 3.05) is 6.50 Å². The number of amides is 2. The summed E-state index contributed by atoms with van der Waals surface area (Å²) >= 11 is 0. The van der Waals surface area contributed by atoms with Crippen LogP contribution in [0.5, 0.6) is 0 Å². The van der Waals surface area contributed by atoms with Crippen molar-refractivity contribution >= 4 is 11.8 Å². The van der Waals surface area contributed by atoms with Crippen LogP contribution in [0.15, 0.2) is 0 Å². The first kappa shape index (κ1) is 6.42. The van der Waals surface area contributed by atoms with Gasteiger partial charge in [-0.25, -0.2) is 0 Å². The SMILES string of the molecule is [2H]C1([2H])CC(C[C@H](N)C(N)=O)C(=O)N1. The zero-order valence-electron chi connectivity index (χ0n) is 8.54. The molecule has 2 amide bonds. The fourth-order valence-corrected chi connectivity index (χ4v) is 1.07. The van der Waals surface area contributed by atoms with E-state index in [0.717, 1.165) is 0 Å². The Hall–Kier alpha value is -1.10. The molecule has 0 bridgehead atoms. The number of rotatable bonds is 3. The van der Waals surface area contributed by atoms with Gasteiger partial charge < -0.3 is 16.8 Å². The maximum absolute atomic E-state index is 11.2. The Kier molecular flexibility index (Phi) is 1.89. The molecule has 1 aliphatic rings. The summed E-state index contributed by atoms with van der Waals surface area (Å²) in [6.45, 7) is -1.70. The van der Waals surface area contributed by atoms with E-state index in [1.165, 1.54) is 0 Å². The van der Waals surface area contributed by atoms with Gasteiger partial charge >= 0.3 is 0 Å². The summed E-state index contributed by atoms with van der Waals surface area (Å²) in [5.41, 5.74) is 10.3. The largest absolute Gasteiger partial charge is 0.368 e. The highest BCUT2D eigenvalue weighted by molar-refractivity contribution is 5.83. The third-order valence-electron chi connectivity index (χ3n) is 1.83. The first-order valence-electron chi connectivity index (χ1n) is 4.69. The predicted molar refractivity (Wildman–Crippen MR) is 42.9 cm³/mol. The van der Waals surface area contributed by atoms with E-state index in [1.807, 2.05) is 0 Å². The molecule has 1 heterocycles. The van der Waals surface area contributed by atoms with Gasteiger partial charge in [0.05, 0.1) is 6.04 Å². The van der Waals surface area contributed by atoms with Crippen LogP contribution in [-0.2, 0) is 9.59 Å². The first-order chi connectivity index (χ1) is 6.32. The van der Waals surface area contributed by atoms with E-state index in [4.69, 9.17) is 14.2 Å². The average Bonchev–Trinajstić information content (AvgIpc) is 2.24. The monoisotopic (exact) mass is 173 g/mol. The Morgan fingerprint density at radius 1 is 1.92 bits per heavy atom. The fourth-order valence-electron chi connectivity index (χ4n) is 1.07. The van der Waals surface area contributed by atoms with E-state index < -0.39 is 30.3 Å². The molecule has 1 rings (SSSR count). The molecule has 12 heavy (non-hydrogen) atoms. The Morgan fingerprint density at radius 3 is 3.00 bits per heavy atom. The summed E-state index contributed by atoms with van der Waals surface area (Å²) in [4.78, 5) is 21.8. The Morgan fingerprint density at radius 2 is 2.58 bits per heavy atom. The smallest absolute Gasteiger partial charge is 0.234 e. The molecule has 0 spiro atoms. The molecular formula is C7H13N3O2. The third kappa shape index (κ3) is 1.94. The lowest BCUT2D eigenvalue weighted by Crippen LogP contribution is -2.39. The Labute approximate surface area is 73.3 Å². The van der Waals surface area contributed by atoms with Crippen molar-refractivity contribution in [1.82, 2.24) is 5.32 Å². The van der Waals surface area contributed by atoms with Crippen molar-refractivity contribution in [1.29, 1.82) is 0 Å². The highest BCUT2D eigenvalue weighted by Crippen LogP contribution is 2.14. The minimum Gasteiger partial charge on any atom is -0.368 e. The van der Waals surface area contributed by atoms with Crippen LogP contribution in [0.25, 0.3) is 0 Å². The van der Waals surface area contributed by atoms with Gasteiger partial charge in [-0.05, 0) is 12.8 Å². The molecule has 0 radical (unpaired) electrons. The molecule has 1 saturated heterocycles. The minimum atomic E-state index is -1.70. The van der Waals surface area contributed by atoms with Crippen molar-refractivity contribution in [2.24, 2.45) is 17.4 Å². The molecule has 1 fully saturated rings. The van der Waals surface area contributed by atoms with E-state index in [-0.39, 0.29) is 12.8 Å². The van der Waals surface area contributed by atoms with Gasteiger partial charge in [0.15, 0.2) is 0 Å². The van der Waals surface area contributed by atoms with Crippen LogP contribution in [0, 0.1) is 5.92 Å². The van der Waals surface area contributed by atoms with Gasteiger partial charge in [0, 0.05) is 15.2 Å². The number of hydrogen-bond donors (Lipinski definition) is 3. The van der Waals surface area contributed by atoms with E-state index >= 15 is 0 Å². The third-order valence-corrected chi connectivity index (χ3v) is 1.83. The number of nitrogens with two attached hydrogens (primary N) is 2. The molecule has 0 saturated carbocycles.